The van der Waals surface area contributed by atoms with Gasteiger partial charge in [-0.15, -0.1) is 0 Å². The first-order chi connectivity index (χ1) is 9.50. The van der Waals surface area contributed by atoms with Crippen LogP contribution in [0.3, 0.4) is 0 Å². The van der Waals surface area contributed by atoms with Crippen LogP contribution < -0.4 is 4.74 Å². The molecule has 108 valence electrons. The average Bonchev–Trinajstić information content (AvgIpc) is 2.81. The number of rotatable bonds is 5. The number of hydrogen-bond donors (Lipinski definition) is 1. The van der Waals surface area contributed by atoms with E-state index in [1.807, 2.05) is 24.3 Å². The molecule has 0 amide bonds. The summed E-state index contributed by atoms with van der Waals surface area (Å²) in [4.78, 5) is 0. The highest BCUT2D eigenvalue weighted by Crippen LogP contribution is 2.34. The maximum absolute atomic E-state index is 10.9. The van der Waals surface area contributed by atoms with Gasteiger partial charge in [0, 0.05) is 6.54 Å². The summed E-state index contributed by atoms with van der Waals surface area (Å²) in [6, 6.07) is 7.30. The SMILES string of the molecule is CCCn1ncc(Cl)c1C(C)(O)c1ccc(OC)cc1. The number of halogens is 1. The fourth-order valence-corrected chi connectivity index (χ4v) is 2.61. The minimum absolute atomic E-state index is 0.472. The molecule has 0 aliphatic carbocycles. The molecule has 0 bridgehead atoms. The van der Waals surface area contributed by atoms with E-state index in [0.717, 1.165) is 17.7 Å². The molecule has 4 nitrogen and oxygen atoms in total. The largest absolute Gasteiger partial charge is 0.497 e. The van der Waals surface area contributed by atoms with Gasteiger partial charge in [0.05, 0.1) is 24.0 Å². The Labute approximate surface area is 123 Å². The average molecular weight is 295 g/mol. The third-order valence-electron chi connectivity index (χ3n) is 3.34. The van der Waals surface area contributed by atoms with Crippen LogP contribution in [0.1, 0.15) is 31.5 Å². The van der Waals surface area contributed by atoms with Gasteiger partial charge in [0.2, 0.25) is 0 Å². The molecule has 0 spiro atoms. The molecule has 1 aromatic heterocycles. The van der Waals surface area contributed by atoms with Crippen molar-refractivity contribution in [1.29, 1.82) is 0 Å². The predicted octanol–water partition coefficient (Wildman–Crippen LogP) is 3.21. The summed E-state index contributed by atoms with van der Waals surface area (Å²) in [5.74, 6) is 0.748. The fraction of sp³-hybridized carbons (Fsp3) is 0.400. The Morgan fingerprint density at radius 3 is 2.55 bits per heavy atom. The van der Waals surface area contributed by atoms with Gasteiger partial charge in [0.1, 0.15) is 11.4 Å². The zero-order chi connectivity index (χ0) is 14.8. The van der Waals surface area contributed by atoms with Crippen LogP contribution in [0.4, 0.5) is 0 Å². The number of aromatic nitrogens is 2. The van der Waals surface area contributed by atoms with E-state index in [2.05, 4.69) is 12.0 Å². The van der Waals surface area contributed by atoms with E-state index in [4.69, 9.17) is 16.3 Å². The van der Waals surface area contributed by atoms with Crippen LogP contribution in [0.25, 0.3) is 0 Å². The van der Waals surface area contributed by atoms with E-state index in [9.17, 15) is 5.11 Å². The molecule has 0 saturated heterocycles. The summed E-state index contributed by atoms with van der Waals surface area (Å²) < 4.78 is 6.89. The van der Waals surface area contributed by atoms with Crippen molar-refractivity contribution in [3.05, 3.63) is 46.7 Å². The normalized spacial score (nSPS) is 14.1. The molecular formula is C15H19ClN2O2. The number of ether oxygens (including phenoxy) is 1. The molecule has 2 rings (SSSR count). The van der Waals surface area contributed by atoms with Crippen molar-refractivity contribution >= 4 is 11.6 Å². The van der Waals surface area contributed by atoms with Crippen molar-refractivity contribution in [3.8, 4) is 5.75 Å². The molecule has 20 heavy (non-hydrogen) atoms. The standard InChI is InChI=1S/C15H19ClN2O2/c1-4-9-18-14(13(16)10-17-18)15(2,19)11-5-7-12(20-3)8-6-11/h5-8,10,19H,4,9H2,1-3H3. The number of methoxy groups -OCH3 is 1. The lowest BCUT2D eigenvalue weighted by molar-refractivity contribution is 0.0914. The molecule has 5 heteroatoms. The number of hydrogen-bond acceptors (Lipinski definition) is 3. The van der Waals surface area contributed by atoms with Gasteiger partial charge in [-0.1, -0.05) is 30.7 Å². The Bertz CT molecular complexity index is 576. The van der Waals surface area contributed by atoms with E-state index < -0.39 is 5.60 Å². The summed E-state index contributed by atoms with van der Waals surface area (Å²) in [5, 5.41) is 15.6. The molecule has 1 aromatic carbocycles. The first kappa shape index (κ1) is 14.9. The van der Waals surface area contributed by atoms with Gasteiger partial charge in [0.15, 0.2) is 0 Å². The molecule has 1 heterocycles. The summed E-state index contributed by atoms with van der Waals surface area (Å²) in [5.41, 5.74) is 0.166. The molecule has 0 saturated carbocycles. The Hall–Kier alpha value is -1.52. The Morgan fingerprint density at radius 2 is 2.00 bits per heavy atom. The van der Waals surface area contributed by atoms with E-state index in [1.165, 1.54) is 0 Å². The lowest BCUT2D eigenvalue weighted by Gasteiger charge is -2.25. The first-order valence-electron chi connectivity index (χ1n) is 6.59. The second-order valence-electron chi connectivity index (χ2n) is 4.86. The van der Waals surface area contributed by atoms with E-state index in [0.29, 0.717) is 17.3 Å². The number of aliphatic hydroxyl groups is 1. The minimum atomic E-state index is -1.20. The maximum atomic E-state index is 10.9. The van der Waals surface area contributed by atoms with Crippen LogP contribution in [-0.4, -0.2) is 22.0 Å². The van der Waals surface area contributed by atoms with Crippen LogP contribution in [0.2, 0.25) is 5.02 Å². The summed E-state index contributed by atoms with van der Waals surface area (Å²) in [6.45, 7) is 4.50. The molecule has 1 atom stereocenters. The highest BCUT2D eigenvalue weighted by Gasteiger charge is 2.32. The van der Waals surface area contributed by atoms with Gasteiger partial charge in [-0.3, -0.25) is 4.68 Å². The van der Waals surface area contributed by atoms with Gasteiger partial charge in [-0.05, 0) is 31.0 Å². The predicted molar refractivity (Wildman–Crippen MR) is 79.2 cm³/mol. The van der Waals surface area contributed by atoms with Gasteiger partial charge < -0.3 is 9.84 Å². The third kappa shape index (κ3) is 2.67. The van der Waals surface area contributed by atoms with Crippen LogP contribution in [-0.2, 0) is 12.1 Å². The van der Waals surface area contributed by atoms with Crippen molar-refractivity contribution in [2.24, 2.45) is 0 Å². The second kappa shape index (κ2) is 5.85. The highest BCUT2D eigenvalue weighted by atomic mass is 35.5. The lowest BCUT2D eigenvalue weighted by atomic mass is 9.92. The monoisotopic (exact) mass is 294 g/mol. The lowest BCUT2D eigenvalue weighted by Crippen LogP contribution is -2.27. The fourth-order valence-electron chi connectivity index (χ4n) is 2.28. The van der Waals surface area contributed by atoms with Crippen molar-refractivity contribution in [1.82, 2.24) is 9.78 Å². The van der Waals surface area contributed by atoms with Crippen molar-refractivity contribution < 1.29 is 9.84 Å². The summed E-state index contributed by atoms with van der Waals surface area (Å²) >= 11 is 6.21. The number of benzene rings is 1. The van der Waals surface area contributed by atoms with Crippen molar-refractivity contribution in [2.75, 3.05) is 7.11 Å². The summed E-state index contributed by atoms with van der Waals surface area (Å²) in [7, 11) is 1.61. The van der Waals surface area contributed by atoms with E-state index in [1.54, 1.807) is 24.9 Å². The molecule has 0 aliphatic heterocycles. The zero-order valence-electron chi connectivity index (χ0n) is 11.9. The number of aryl methyl sites for hydroxylation is 1. The smallest absolute Gasteiger partial charge is 0.130 e. The van der Waals surface area contributed by atoms with Crippen LogP contribution in [0.5, 0.6) is 5.75 Å². The van der Waals surface area contributed by atoms with E-state index >= 15 is 0 Å². The summed E-state index contributed by atoms with van der Waals surface area (Å²) in [6.07, 6.45) is 2.49. The van der Waals surface area contributed by atoms with Gasteiger partial charge >= 0.3 is 0 Å². The Kier molecular flexibility index (Phi) is 4.35. The van der Waals surface area contributed by atoms with Gasteiger partial charge in [-0.2, -0.15) is 5.10 Å². The topological polar surface area (TPSA) is 47.3 Å². The van der Waals surface area contributed by atoms with Crippen molar-refractivity contribution in [3.63, 3.8) is 0 Å². The second-order valence-corrected chi connectivity index (χ2v) is 5.27. The molecule has 0 aliphatic rings. The molecule has 1 unspecified atom stereocenters. The van der Waals surface area contributed by atoms with Crippen LogP contribution in [0.15, 0.2) is 30.5 Å². The molecule has 0 radical (unpaired) electrons. The maximum Gasteiger partial charge on any atom is 0.130 e. The third-order valence-corrected chi connectivity index (χ3v) is 3.62. The minimum Gasteiger partial charge on any atom is -0.497 e. The zero-order valence-corrected chi connectivity index (χ0v) is 12.7. The van der Waals surface area contributed by atoms with Crippen molar-refractivity contribution in [2.45, 2.75) is 32.4 Å². The van der Waals surface area contributed by atoms with E-state index in [-0.39, 0.29) is 0 Å². The van der Waals surface area contributed by atoms with Gasteiger partial charge in [-0.25, -0.2) is 0 Å². The van der Waals surface area contributed by atoms with Crippen LogP contribution >= 0.6 is 11.6 Å². The van der Waals surface area contributed by atoms with Gasteiger partial charge in [0.25, 0.3) is 0 Å². The molecular weight excluding hydrogens is 276 g/mol. The Balaban J connectivity index is 2.45. The molecule has 1 N–H and O–H groups in total. The first-order valence-corrected chi connectivity index (χ1v) is 6.97. The molecule has 2 aromatic rings. The molecule has 0 fully saturated rings. The van der Waals surface area contributed by atoms with Crippen LogP contribution in [0, 0.1) is 0 Å². The number of nitrogens with zero attached hydrogens (tertiary/aromatic N) is 2. The quantitative estimate of drug-likeness (QED) is 0.921. The highest BCUT2D eigenvalue weighted by molar-refractivity contribution is 6.31. The Morgan fingerprint density at radius 1 is 1.35 bits per heavy atom.